The van der Waals surface area contributed by atoms with E-state index in [0.717, 1.165) is 12.2 Å². The maximum absolute atomic E-state index is 6.09. The van der Waals surface area contributed by atoms with Crippen LogP contribution in [0.25, 0.3) is 0 Å². The van der Waals surface area contributed by atoms with E-state index in [9.17, 15) is 0 Å². The van der Waals surface area contributed by atoms with E-state index < -0.39 is 0 Å². The second-order valence-corrected chi connectivity index (χ2v) is 5.55. The molecular formula is C14H13Cl2NS. The van der Waals surface area contributed by atoms with E-state index >= 15 is 0 Å². The number of thioether (sulfide) groups is 1. The fourth-order valence-electron chi connectivity index (χ4n) is 1.57. The molecule has 0 heterocycles. The van der Waals surface area contributed by atoms with E-state index in [2.05, 4.69) is 35.8 Å². The Morgan fingerprint density at radius 1 is 1.06 bits per heavy atom. The van der Waals surface area contributed by atoms with Crippen molar-refractivity contribution in [3.63, 3.8) is 0 Å². The zero-order chi connectivity index (χ0) is 13.0. The molecule has 0 aliphatic carbocycles. The number of hydrogen-bond acceptors (Lipinski definition) is 2. The minimum atomic E-state index is 0.642. The Bertz CT molecular complexity index is 526. The van der Waals surface area contributed by atoms with Crippen molar-refractivity contribution < 1.29 is 0 Å². The van der Waals surface area contributed by atoms with Gasteiger partial charge in [0.1, 0.15) is 0 Å². The predicted octanol–water partition coefficient (Wildman–Crippen LogP) is 5.33. The zero-order valence-electron chi connectivity index (χ0n) is 9.91. The van der Waals surface area contributed by atoms with Gasteiger partial charge in [0.05, 0.1) is 10.7 Å². The third kappa shape index (κ3) is 3.58. The average Bonchev–Trinajstić information content (AvgIpc) is 2.38. The predicted molar refractivity (Wildman–Crippen MR) is 82.0 cm³/mol. The first kappa shape index (κ1) is 13.6. The highest BCUT2D eigenvalue weighted by Crippen LogP contribution is 2.26. The highest BCUT2D eigenvalue weighted by atomic mass is 35.5. The third-order valence-electron chi connectivity index (χ3n) is 2.57. The molecule has 1 N–H and O–H groups in total. The van der Waals surface area contributed by atoms with E-state index in [1.54, 1.807) is 17.8 Å². The van der Waals surface area contributed by atoms with Crippen LogP contribution in [0.2, 0.25) is 10.0 Å². The summed E-state index contributed by atoms with van der Waals surface area (Å²) in [5, 5.41) is 4.59. The lowest BCUT2D eigenvalue weighted by atomic mass is 10.2. The SMILES string of the molecule is CSc1ccc(CNc2ccc(Cl)cc2Cl)cc1. The number of benzene rings is 2. The van der Waals surface area contributed by atoms with E-state index in [1.165, 1.54) is 10.5 Å². The van der Waals surface area contributed by atoms with Gasteiger partial charge in [-0.25, -0.2) is 0 Å². The molecule has 0 unspecified atom stereocenters. The molecule has 2 aromatic rings. The lowest BCUT2D eigenvalue weighted by Crippen LogP contribution is -1.99. The zero-order valence-corrected chi connectivity index (χ0v) is 12.2. The minimum Gasteiger partial charge on any atom is -0.380 e. The molecule has 0 atom stereocenters. The van der Waals surface area contributed by atoms with Crippen molar-refractivity contribution in [1.29, 1.82) is 0 Å². The van der Waals surface area contributed by atoms with Crippen LogP contribution in [0.5, 0.6) is 0 Å². The summed E-state index contributed by atoms with van der Waals surface area (Å²) in [5.74, 6) is 0. The first-order chi connectivity index (χ1) is 8.69. The topological polar surface area (TPSA) is 12.0 Å². The molecule has 0 radical (unpaired) electrons. The molecule has 0 amide bonds. The lowest BCUT2D eigenvalue weighted by Gasteiger charge is -2.09. The van der Waals surface area contributed by atoms with Gasteiger partial charge in [0, 0.05) is 16.5 Å². The molecule has 4 heteroatoms. The summed E-state index contributed by atoms with van der Waals surface area (Å²) in [7, 11) is 0. The van der Waals surface area contributed by atoms with Gasteiger partial charge in [0.2, 0.25) is 0 Å². The van der Waals surface area contributed by atoms with Crippen molar-refractivity contribution >= 4 is 40.7 Å². The van der Waals surface area contributed by atoms with Crippen LogP contribution in [-0.2, 0) is 6.54 Å². The van der Waals surface area contributed by atoms with Crippen LogP contribution in [0.4, 0.5) is 5.69 Å². The molecule has 0 saturated carbocycles. The van der Waals surface area contributed by atoms with Crippen LogP contribution < -0.4 is 5.32 Å². The average molecular weight is 298 g/mol. The smallest absolute Gasteiger partial charge is 0.0652 e. The van der Waals surface area contributed by atoms with Gasteiger partial charge < -0.3 is 5.32 Å². The van der Waals surface area contributed by atoms with Crippen molar-refractivity contribution in [3.05, 3.63) is 58.1 Å². The minimum absolute atomic E-state index is 0.642. The van der Waals surface area contributed by atoms with Crippen LogP contribution >= 0.6 is 35.0 Å². The monoisotopic (exact) mass is 297 g/mol. The first-order valence-electron chi connectivity index (χ1n) is 5.51. The number of hydrogen-bond donors (Lipinski definition) is 1. The molecule has 0 saturated heterocycles. The molecule has 0 aliphatic heterocycles. The summed E-state index contributed by atoms with van der Waals surface area (Å²) >= 11 is 13.7. The molecule has 0 aromatic heterocycles. The van der Waals surface area contributed by atoms with Gasteiger partial charge in [0.15, 0.2) is 0 Å². The van der Waals surface area contributed by atoms with E-state index in [4.69, 9.17) is 23.2 Å². The van der Waals surface area contributed by atoms with Crippen molar-refractivity contribution in [2.24, 2.45) is 0 Å². The quantitative estimate of drug-likeness (QED) is 0.766. The Kier molecular flexibility index (Phi) is 4.81. The Labute approximate surface area is 121 Å². The molecule has 0 spiro atoms. The van der Waals surface area contributed by atoms with Gasteiger partial charge in [-0.05, 0) is 42.2 Å². The molecule has 0 aliphatic rings. The second-order valence-electron chi connectivity index (χ2n) is 3.83. The van der Waals surface area contributed by atoms with Gasteiger partial charge in [-0.1, -0.05) is 35.3 Å². The lowest BCUT2D eigenvalue weighted by molar-refractivity contribution is 1.14. The number of anilines is 1. The molecule has 2 aromatic carbocycles. The molecular weight excluding hydrogens is 285 g/mol. The number of nitrogens with one attached hydrogen (secondary N) is 1. The van der Waals surface area contributed by atoms with Crippen molar-refractivity contribution in [2.45, 2.75) is 11.4 Å². The first-order valence-corrected chi connectivity index (χ1v) is 7.49. The third-order valence-corrected chi connectivity index (χ3v) is 3.86. The fourth-order valence-corrected chi connectivity index (χ4v) is 2.46. The number of halogens is 2. The second kappa shape index (κ2) is 6.37. The van der Waals surface area contributed by atoms with Gasteiger partial charge in [-0.3, -0.25) is 0 Å². The summed E-state index contributed by atoms with van der Waals surface area (Å²) in [6, 6.07) is 13.9. The highest BCUT2D eigenvalue weighted by Gasteiger charge is 2.01. The molecule has 1 nitrogen and oxygen atoms in total. The van der Waals surface area contributed by atoms with Gasteiger partial charge in [0.25, 0.3) is 0 Å². The van der Waals surface area contributed by atoms with Crippen LogP contribution in [0, 0.1) is 0 Å². The Hall–Kier alpha value is -0.830. The van der Waals surface area contributed by atoms with Gasteiger partial charge in [-0.2, -0.15) is 0 Å². The van der Waals surface area contributed by atoms with Crippen LogP contribution in [0.3, 0.4) is 0 Å². The van der Waals surface area contributed by atoms with Gasteiger partial charge in [-0.15, -0.1) is 11.8 Å². The van der Waals surface area contributed by atoms with E-state index in [-0.39, 0.29) is 0 Å². The maximum atomic E-state index is 6.09. The maximum Gasteiger partial charge on any atom is 0.0652 e. The van der Waals surface area contributed by atoms with Crippen LogP contribution in [-0.4, -0.2) is 6.26 Å². The largest absolute Gasteiger partial charge is 0.380 e. The summed E-state index contributed by atoms with van der Waals surface area (Å²) < 4.78 is 0. The van der Waals surface area contributed by atoms with Gasteiger partial charge >= 0.3 is 0 Å². The Morgan fingerprint density at radius 2 is 1.78 bits per heavy atom. The normalized spacial score (nSPS) is 10.4. The number of rotatable bonds is 4. The summed E-state index contributed by atoms with van der Waals surface area (Å²) in [5.41, 5.74) is 2.12. The Balaban J connectivity index is 2.02. The van der Waals surface area contributed by atoms with Crippen molar-refractivity contribution in [1.82, 2.24) is 0 Å². The highest BCUT2D eigenvalue weighted by molar-refractivity contribution is 7.98. The molecule has 0 bridgehead atoms. The molecule has 18 heavy (non-hydrogen) atoms. The summed E-state index contributed by atoms with van der Waals surface area (Å²) in [4.78, 5) is 1.27. The van der Waals surface area contributed by atoms with Crippen molar-refractivity contribution in [2.75, 3.05) is 11.6 Å². The fraction of sp³-hybridized carbons (Fsp3) is 0.143. The van der Waals surface area contributed by atoms with Crippen molar-refractivity contribution in [3.8, 4) is 0 Å². The van der Waals surface area contributed by atoms with Crippen LogP contribution in [0.15, 0.2) is 47.4 Å². The molecule has 2 rings (SSSR count). The summed E-state index contributed by atoms with van der Waals surface area (Å²) in [6.45, 7) is 0.746. The standard InChI is InChI=1S/C14H13Cl2NS/c1-18-12-5-2-10(3-6-12)9-17-14-7-4-11(15)8-13(14)16/h2-8,17H,9H2,1H3. The van der Waals surface area contributed by atoms with E-state index in [1.807, 2.05) is 12.1 Å². The molecule has 94 valence electrons. The van der Waals surface area contributed by atoms with Crippen LogP contribution in [0.1, 0.15) is 5.56 Å². The Morgan fingerprint density at radius 3 is 2.39 bits per heavy atom. The van der Waals surface area contributed by atoms with E-state index in [0.29, 0.717) is 10.0 Å². The summed E-state index contributed by atoms with van der Waals surface area (Å²) in [6.07, 6.45) is 2.07. The molecule has 0 fully saturated rings.